The predicted octanol–water partition coefficient (Wildman–Crippen LogP) is 1.76. The van der Waals surface area contributed by atoms with Gasteiger partial charge in [0.25, 0.3) is 10.0 Å². The number of morpholine rings is 1. The van der Waals surface area contributed by atoms with Crippen molar-refractivity contribution < 1.29 is 22.7 Å². The average Bonchev–Trinajstić information content (AvgIpc) is 2.73. The first-order valence-electron chi connectivity index (χ1n) is 9.00. The van der Waals surface area contributed by atoms with Crippen LogP contribution in [0.5, 0.6) is 0 Å². The van der Waals surface area contributed by atoms with Gasteiger partial charge in [0, 0.05) is 23.7 Å². The summed E-state index contributed by atoms with van der Waals surface area (Å²) in [4.78, 5) is 27.5. The molecule has 0 bridgehead atoms. The zero-order valence-corrected chi connectivity index (χ0v) is 17.0. The van der Waals surface area contributed by atoms with Crippen molar-refractivity contribution in [1.29, 1.82) is 0 Å². The molecule has 1 saturated heterocycles. The number of hydrogen-bond acceptors (Lipinski definition) is 6. The van der Waals surface area contributed by atoms with Crippen molar-refractivity contribution in [2.75, 3.05) is 36.3 Å². The summed E-state index contributed by atoms with van der Waals surface area (Å²) in [6.45, 7) is 1.82. The topological polar surface area (TPSA) is 105 Å². The molecule has 0 unspecified atom stereocenters. The highest BCUT2D eigenvalue weighted by Gasteiger charge is 2.36. The highest BCUT2D eigenvalue weighted by Crippen LogP contribution is 2.38. The van der Waals surface area contributed by atoms with Crippen LogP contribution in [0.25, 0.3) is 0 Å². The number of carbonyl (C=O) groups excluding carboxylic acids is 2. The molecule has 2 aromatic carbocycles. The summed E-state index contributed by atoms with van der Waals surface area (Å²) in [6, 6.07) is 13.0. The Balaban J connectivity index is 1.54. The number of para-hydroxylation sites is 1. The highest BCUT2D eigenvalue weighted by atomic mass is 32.2. The van der Waals surface area contributed by atoms with E-state index in [0.717, 1.165) is 11.8 Å². The third kappa shape index (κ3) is 4.24. The molecule has 1 atom stereocenters. The standard InChI is InChI=1S/C19H19N3O5S2/c23-18-17(19(24)22-8-10-27-11-9-22)28-16-7-6-14(12-15(16)20-18)29(25,26)21-13-4-2-1-3-5-13/h1-7,12,17,21H,8-11H2,(H,20,23)/t17-/m0/s1. The van der Waals surface area contributed by atoms with E-state index >= 15 is 0 Å². The quantitative estimate of drug-likeness (QED) is 0.712. The number of sulfonamides is 1. The molecule has 0 saturated carbocycles. The van der Waals surface area contributed by atoms with E-state index in [1.54, 1.807) is 41.3 Å². The highest BCUT2D eigenvalue weighted by molar-refractivity contribution is 8.01. The van der Waals surface area contributed by atoms with Crippen LogP contribution in [0.15, 0.2) is 58.3 Å². The van der Waals surface area contributed by atoms with Gasteiger partial charge in [-0.1, -0.05) is 18.2 Å². The molecule has 2 aromatic rings. The molecule has 10 heteroatoms. The van der Waals surface area contributed by atoms with Crippen LogP contribution < -0.4 is 10.0 Å². The van der Waals surface area contributed by atoms with Crippen LogP contribution >= 0.6 is 11.8 Å². The zero-order valence-electron chi connectivity index (χ0n) is 15.3. The van der Waals surface area contributed by atoms with Gasteiger partial charge in [0.2, 0.25) is 11.8 Å². The lowest BCUT2D eigenvalue weighted by atomic mass is 10.2. The Morgan fingerprint density at radius 2 is 1.86 bits per heavy atom. The number of fused-ring (bicyclic) bond motifs is 1. The summed E-state index contributed by atoms with van der Waals surface area (Å²) < 4.78 is 33.0. The van der Waals surface area contributed by atoms with Crippen LogP contribution in [-0.4, -0.2) is 56.7 Å². The Labute approximate surface area is 172 Å². The summed E-state index contributed by atoms with van der Waals surface area (Å²) in [5.74, 6) is -0.714. The summed E-state index contributed by atoms with van der Waals surface area (Å²) in [5, 5.41) is 1.78. The van der Waals surface area contributed by atoms with Crippen LogP contribution in [0, 0.1) is 0 Å². The van der Waals surface area contributed by atoms with Crippen molar-refractivity contribution in [3.8, 4) is 0 Å². The van der Waals surface area contributed by atoms with Crippen molar-refractivity contribution in [2.45, 2.75) is 15.0 Å². The minimum absolute atomic E-state index is 0.0268. The molecule has 0 spiro atoms. The molecule has 8 nitrogen and oxygen atoms in total. The van der Waals surface area contributed by atoms with Gasteiger partial charge in [-0.05, 0) is 30.3 Å². The molecule has 0 radical (unpaired) electrons. The van der Waals surface area contributed by atoms with Gasteiger partial charge in [0.15, 0.2) is 5.25 Å². The van der Waals surface area contributed by atoms with E-state index in [9.17, 15) is 18.0 Å². The maximum Gasteiger partial charge on any atom is 0.261 e. The first-order chi connectivity index (χ1) is 13.9. The number of nitrogens with one attached hydrogen (secondary N) is 2. The third-order valence-corrected chi connectivity index (χ3v) is 7.22. The Kier molecular flexibility index (Phi) is 5.48. The normalized spacial score (nSPS) is 19.2. The van der Waals surface area contributed by atoms with E-state index in [-0.39, 0.29) is 10.8 Å². The predicted molar refractivity (Wildman–Crippen MR) is 109 cm³/mol. The minimum atomic E-state index is -3.81. The first-order valence-corrected chi connectivity index (χ1v) is 11.4. The molecule has 2 N–H and O–H groups in total. The lowest BCUT2D eigenvalue weighted by Gasteiger charge is -2.31. The van der Waals surface area contributed by atoms with E-state index < -0.39 is 21.2 Å². The van der Waals surface area contributed by atoms with E-state index in [4.69, 9.17) is 4.74 Å². The van der Waals surface area contributed by atoms with Crippen molar-refractivity contribution in [3.63, 3.8) is 0 Å². The maximum atomic E-state index is 12.7. The van der Waals surface area contributed by atoms with Crippen molar-refractivity contribution in [1.82, 2.24) is 4.90 Å². The Hall–Kier alpha value is -2.56. The molecule has 2 amide bonds. The molecular formula is C19H19N3O5S2. The number of thioether (sulfide) groups is 1. The SMILES string of the molecule is O=C1Nc2cc(S(=O)(=O)Nc3ccccc3)ccc2S[C@@H]1C(=O)N1CCOCC1. The van der Waals surface area contributed by atoms with Crippen LogP contribution in [0.3, 0.4) is 0 Å². The van der Waals surface area contributed by atoms with Crippen LogP contribution in [0.4, 0.5) is 11.4 Å². The number of amides is 2. The monoisotopic (exact) mass is 433 g/mol. The number of anilines is 2. The van der Waals surface area contributed by atoms with Gasteiger partial charge in [0.1, 0.15) is 0 Å². The third-order valence-electron chi connectivity index (χ3n) is 4.58. The van der Waals surface area contributed by atoms with Crippen LogP contribution in [0.2, 0.25) is 0 Å². The van der Waals surface area contributed by atoms with Gasteiger partial charge in [0.05, 0.1) is 23.8 Å². The molecule has 4 rings (SSSR count). The molecule has 2 heterocycles. The fourth-order valence-corrected chi connectivity index (χ4v) is 5.23. The fraction of sp³-hybridized carbons (Fsp3) is 0.263. The van der Waals surface area contributed by atoms with Crippen LogP contribution in [-0.2, 0) is 24.3 Å². The van der Waals surface area contributed by atoms with Gasteiger partial charge >= 0.3 is 0 Å². The molecule has 2 aliphatic heterocycles. The molecule has 2 aliphatic rings. The Bertz CT molecular complexity index is 1040. The second kappa shape index (κ2) is 8.05. The molecule has 29 heavy (non-hydrogen) atoms. The molecule has 1 fully saturated rings. The Morgan fingerprint density at radius 3 is 2.59 bits per heavy atom. The number of hydrogen-bond donors (Lipinski definition) is 2. The first kappa shape index (κ1) is 19.7. The van der Waals surface area contributed by atoms with Gasteiger partial charge in [-0.2, -0.15) is 0 Å². The fourth-order valence-electron chi connectivity index (χ4n) is 3.09. The zero-order chi connectivity index (χ0) is 20.4. The number of benzene rings is 2. The van der Waals surface area contributed by atoms with Crippen molar-refractivity contribution in [2.24, 2.45) is 0 Å². The molecular weight excluding hydrogens is 414 g/mol. The Morgan fingerprint density at radius 1 is 1.14 bits per heavy atom. The largest absolute Gasteiger partial charge is 0.378 e. The summed E-state index contributed by atoms with van der Waals surface area (Å²) in [7, 11) is -3.81. The van der Waals surface area contributed by atoms with E-state index in [1.807, 2.05) is 0 Å². The second-order valence-electron chi connectivity index (χ2n) is 6.55. The van der Waals surface area contributed by atoms with Gasteiger partial charge in [-0.15, -0.1) is 11.8 Å². The minimum Gasteiger partial charge on any atom is -0.378 e. The van der Waals surface area contributed by atoms with E-state index in [1.165, 1.54) is 12.1 Å². The lowest BCUT2D eigenvalue weighted by Crippen LogP contribution is -2.49. The maximum absolute atomic E-state index is 12.7. The van der Waals surface area contributed by atoms with Gasteiger partial charge in [-0.3, -0.25) is 14.3 Å². The number of ether oxygens (including phenoxy) is 1. The van der Waals surface area contributed by atoms with E-state index in [0.29, 0.717) is 42.6 Å². The summed E-state index contributed by atoms with van der Waals surface area (Å²) in [6.07, 6.45) is 0. The number of nitrogens with zero attached hydrogens (tertiary/aromatic N) is 1. The summed E-state index contributed by atoms with van der Waals surface area (Å²) >= 11 is 1.13. The van der Waals surface area contributed by atoms with Crippen LogP contribution in [0.1, 0.15) is 0 Å². The van der Waals surface area contributed by atoms with Crippen molar-refractivity contribution in [3.05, 3.63) is 48.5 Å². The second-order valence-corrected chi connectivity index (χ2v) is 9.38. The van der Waals surface area contributed by atoms with E-state index in [2.05, 4.69) is 10.0 Å². The number of carbonyl (C=O) groups is 2. The molecule has 152 valence electrons. The van der Waals surface area contributed by atoms with Crippen molar-refractivity contribution >= 4 is 45.0 Å². The summed E-state index contributed by atoms with van der Waals surface area (Å²) in [5.41, 5.74) is 0.821. The lowest BCUT2D eigenvalue weighted by molar-refractivity contribution is -0.137. The van der Waals surface area contributed by atoms with Gasteiger partial charge in [-0.25, -0.2) is 8.42 Å². The number of rotatable bonds is 4. The average molecular weight is 434 g/mol. The smallest absolute Gasteiger partial charge is 0.261 e. The van der Waals surface area contributed by atoms with Gasteiger partial charge < -0.3 is 15.0 Å². The molecule has 0 aliphatic carbocycles. The molecule has 0 aromatic heterocycles.